The maximum Gasteiger partial charge on any atom is 0.574 e. The van der Waals surface area contributed by atoms with Gasteiger partial charge in [-0.1, -0.05) is 24.3 Å². The van der Waals surface area contributed by atoms with Gasteiger partial charge in [0.15, 0.2) is 0 Å². The van der Waals surface area contributed by atoms with Crippen LogP contribution in [-0.4, -0.2) is 22.4 Å². The molecule has 1 aromatic heterocycles. The molecule has 31 heavy (non-hydrogen) atoms. The van der Waals surface area contributed by atoms with Crippen molar-refractivity contribution in [3.8, 4) is 5.88 Å². The van der Waals surface area contributed by atoms with Crippen molar-refractivity contribution in [3.05, 3.63) is 77.5 Å². The molecule has 160 valence electrons. The predicted molar refractivity (Wildman–Crippen MR) is 109 cm³/mol. The SMILES string of the molecule is Cc1cc(N(c2ccccc2)c2ccc(C3CC3)cc2C(=O)O)cnc1OC(F)(F)F. The number of rotatable bonds is 6. The van der Waals surface area contributed by atoms with Crippen molar-refractivity contribution in [3.63, 3.8) is 0 Å². The number of ether oxygens (including phenoxy) is 1. The fourth-order valence-corrected chi connectivity index (χ4v) is 3.48. The van der Waals surface area contributed by atoms with Gasteiger partial charge in [0.2, 0.25) is 5.88 Å². The molecule has 0 bridgehead atoms. The van der Waals surface area contributed by atoms with E-state index in [9.17, 15) is 23.1 Å². The Kier molecular flexibility index (Phi) is 5.31. The molecular weight excluding hydrogens is 409 g/mol. The summed E-state index contributed by atoms with van der Waals surface area (Å²) in [6, 6.07) is 15.8. The van der Waals surface area contributed by atoms with E-state index < -0.39 is 18.2 Å². The Morgan fingerprint density at radius 3 is 2.39 bits per heavy atom. The van der Waals surface area contributed by atoms with Crippen LogP contribution in [0.3, 0.4) is 0 Å². The largest absolute Gasteiger partial charge is 0.574 e. The van der Waals surface area contributed by atoms with Gasteiger partial charge in [-0.3, -0.25) is 0 Å². The molecule has 1 saturated carbocycles. The van der Waals surface area contributed by atoms with Gasteiger partial charge < -0.3 is 14.7 Å². The molecule has 5 nitrogen and oxygen atoms in total. The fraction of sp³-hybridized carbons (Fsp3) is 0.217. The van der Waals surface area contributed by atoms with E-state index in [4.69, 9.17) is 0 Å². The second-order valence-electron chi connectivity index (χ2n) is 7.39. The average Bonchev–Trinajstić information content (AvgIpc) is 3.55. The number of halogens is 3. The first-order valence-corrected chi connectivity index (χ1v) is 9.68. The minimum Gasteiger partial charge on any atom is -0.478 e. The van der Waals surface area contributed by atoms with Gasteiger partial charge in [0.1, 0.15) is 0 Å². The lowest BCUT2D eigenvalue weighted by Gasteiger charge is -2.27. The number of carbonyl (C=O) groups is 1. The minimum atomic E-state index is -4.85. The summed E-state index contributed by atoms with van der Waals surface area (Å²) in [4.78, 5) is 17.6. The van der Waals surface area contributed by atoms with E-state index in [-0.39, 0.29) is 11.1 Å². The first kappa shape index (κ1) is 20.7. The third-order valence-corrected chi connectivity index (χ3v) is 5.04. The fourth-order valence-electron chi connectivity index (χ4n) is 3.48. The number of aromatic carboxylic acids is 1. The first-order valence-electron chi connectivity index (χ1n) is 9.68. The first-order chi connectivity index (χ1) is 14.7. The molecule has 1 heterocycles. The average molecular weight is 428 g/mol. The highest BCUT2D eigenvalue weighted by atomic mass is 19.4. The second-order valence-corrected chi connectivity index (χ2v) is 7.39. The molecule has 0 saturated heterocycles. The van der Waals surface area contributed by atoms with Crippen LogP contribution < -0.4 is 9.64 Å². The lowest BCUT2D eigenvalue weighted by molar-refractivity contribution is -0.276. The van der Waals surface area contributed by atoms with Crippen LogP contribution in [0, 0.1) is 6.92 Å². The van der Waals surface area contributed by atoms with Gasteiger partial charge in [-0.25, -0.2) is 9.78 Å². The smallest absolute Gasteiger partial charge is 0.478 e. The van der Waals surface area contributed by atoms with Gasteiger partial charge in [-0.2, -0.15) is 0 Å². The number of hydrogen-bond donors (Lipinski definition) is 1. The molecule has 1 aliphatic rings. The van der Waals surface area contributed by atoms with Crippen LogP contribution in [0.2, 0.25) is 0 Å². The van der Waals surface area contributed by atoms with Gasteiger partial charge in [0, 0.05) is 11.3 Å². The highest BCUT2D eigenvalue weighted by molar-refractivity contribution is 5.98. The highest BCUT2D eigenvalue weighted by Crippen LogP contribution is 2.43. The Morgan fingerprint density at radius 2 is 1.81 bits per heavy atom. The molecule has 2 aromatic carbocycles. The lowest BCUT2D eigenvalue weighted by Crippen LogP contribution is -2.19. The van der Waals surface area contributed by atoms with Gasteiger partial charge in [-0.05, 0) is 61.6 Å². The van der Waals surface area contributed by atoms with E-state index in [1.165, 1.54) is 19.2 Å². The number of carboxylic acids is 1. The molecule has 1 N–H and O–H groups in total. The molecule has 0 unspecified atom stereocenters. The third kappa shape index (κ3) is 4.63. The summed E-state index contributed by atoms with van der Waals surface area (Å²) < 4.78 is 41.8. The summed E-state index contributed by atoms with van der Waals surface area (Å²) in [5.74, 6) is -1.26. The van der Waals surface area contributed by atoms with Crippen LogP contribution in [0.1, 0.15) is 40.2 Å². The number of benzene rings is 2. The van der Waals surface area contributed by atoms with Crippen LogP contribution in [-0.2, 0) is 0 Å². The Bertz CT molecular complexity index is 1110. The second kappa shape index (κ2) is 7.94. The zero-order valence-electron chi connectivity index (χ0n) is 16.6. The summed E-state index contributed by atoms with van der Waals surface area (Å²) in [6.07, 6.45) is -1.55. The van der Waals surface area contributed by atoms with E-state index in [0.29, 0.717) is 23.0 Å². The zero-order chi connectivity index (χ0) is 22.2. The molecule has 0 spiro atoms. The maximum atomic E-state index is 12.6. The van der Waals surface area contributed by atoms with E-state index in [0.717, 1.165) is 18.4 Å². The molecule has 8 heteroatoms. The van der Waals surface area contributed by atoms with Crippen molar-refractivity contribution in [2.24, 2.45) is 0 Å². The summed E-state index contributed by atoms with van der Waals surface area (Å²) >= 11 is 0. The van der Waals surface area contributed by atoms with E-state index >= 15 is 0 Å². The van der Waals surface area contributed by atoms with Crippen LogP contribution in [0.15, 0.2) is 60.8 Å². The van der Waals surface area contributed by atoms with Crippen molar-refractivity contribution >= 4 is 23.0 Å². The quantitative estimate of drug-likeness (QED) is 0.497. The number of nitrogens with zero attached hydrogens (tertiary/aromatic N) is 2. The van der Waals surface area contributed by atoms with E-state index in [1.54, 1.807) is 41.3 Å². The topological polar surface area (TPSA) is 62.7 Å². The van der Waals surface area contributed by atoms with Gasteiger partial charge >= 0.3 is 12.3 Å². The van der Waals surface area contributed by atoms with Crippen LogP contribution in [0.5, 0.6) is 5.88 Å². The summed E-state index contributed by atoms with van der Waals surface area (Å²) in [7, 11) is 0. The van der Waals surface area contributed by atoms with Gasteiger partial charge in [0.25, 0.3) is 0 Å². The normalized spacial score (nSPS) is 13.7. The molecule has 4 rings (SSSR count). The molecule has 0 radical (unpaired) electrons. The number of pyridine rings is 1. The molecule has 1 fully saturated rings. The van der Waals surface area contributed by atoms with Crippen molar-refractivity contribution in [1.82, 2.24) is 4.98 Å². The number of aryl methyl sites for hydroxylation is 1. The van der Waals surface area contributed by atoms with Crippen LogP contribution in [0.4, 0.5) is 30.2 Å². The van der Waals surface area contributed by atoms with Crippen molar-refractivity contribution < 1.29 is 27.8 Å². The lowest BCUT2D eigenvalue weighted by atomic mass is 10.0. The molecule has 0 atom stereocenters. The Hall–Kier alpha value is -3.55. The number of para-hydroxylation sites is 1. The molecular formula is C23H19F3N2O3. The number of anilines is 3. The zero-order valence-corrected chi connectivity index (χ0v) is 16.6. The number of carboxylic acid groups (broad SMARTS) is 1. The Labute approximate surface area is 176 Å². The van der Waals surface area contributed by atoms with Crippen molar-refractivity contribution in [1.29, 1.82) is 0 Å². The van der Waals surface area contributed by atoms with E-state index in [1.807, 2.05) is 12.1 Å². The number of alkyl halides is 3. The minimum absolute atomic E-state index is 0.113. The van der Waals surface area contributed by atoms with Gasteiger partial charge in [0.05, 0.1) is 23.1 Å². The van der Waals surface area contributed by atoms with Crippen molar-refractivity contribution in [2.45, 2.75) is 32.0 Å². The standard InChI is InChI=1S/C23H19F3N2O3/c1-14-11-18(13-27-21(14)31-23(24,25)26)28(17-5-3-2-4-6-17)20-10-9-16(15-7-8-15)12-19(20)22(29)30/h2-6,9-13,15H,7-8H2,1H3,(H,29,30). The molecule has 3 aromatic rings. The molecule has 0 amide bonds. The Morgan fingerprint density at radius 1 is 1.10 bits per heavy atom. The van der Waals surface area contributed by atoms with Crippen LogP contribution in [0.25, 0.3) is 0 Å². The predicted octanol–water partition coefficient (Wildman–Crippen LogP) is 6.33. The summed E-state index contributed by atoms with van der Waals surface area (Å²) in [5.41, 5.74) is 2.71. The van der Waals surface area contributed by atoms with Crippen LogP contribution >= 0.6 is 0 Å². The third-order valence-electron chi connectivity index (χ3n) is 5.04. The number of hydrogen-bond acceptors (Lipinski definition) is 4. The molecule has 0 aliphatic heterocycles. The van der Waals surface area contributed by atoms with Gasteiger partial charge in [-0.15, -0.1) is 13.2 Å². The number of aromatic nitrogens is 1. The summed E-state index contributed by atoms with van der Waals surface area (Å²) in [5, 5.41) is 9.87. The summed E-state index contributed by atoms with van der Waals surface area (Å²) in [6.45, 7) is 1.45. The maximum absolute atomic E-state index is 12.6. The van der Waals surface area contributed by atoms with E-state index in [2.05, 4.69) is 9.72 Å². The monoisotopic (exact) mass is 428 g/mol. The highest BCUT2D eigenvalue weighted by Gasteiger charge is 2.33. The van der Waals surface area contributed by atoms with Crippen molar-refractivity contribution in [2.75, 3.05) is 4.90 Å². The molecule has 1 aliphatic carbocycles. The Balaban J connectivity index is 1.83.